The minimum Gasteiger partial charge on any atom is -0.338 e. The average Bonchev–Trinajstić information content (AvgIpc) is 2.62. The molecule has 0 aliphatic heterocycles. The summed E-state index contributed by atoms with van der Waals surface area (Å²) < 4.78 is 5.02. The SMILES string of the molecule is CCc1noc([C@@H](N)CCSC)n1. The highest BCUT2D eigenvalue weighted by molar-refractivity contribution is 7.98. The molecule has 4 nitrogen and oxygen atoms in total. The Hall–Kier alpha value is -0.550. The van der Waals surface area contributed by atoms with Gasteiger partial charge in [0.2, 0.25) is 5.89 Å². The first-order chi connectivity index (χ1) is 6.27. The second-order valence-corrected chi connectivity index (χ2v) is 3.78. The molecule has 0 unspecified atom stereocenters. The molecule has 74 valence electrons. The molecule has 0 saturated carbocycles. The molecular weight excluding hydrogens is 186 g/mol. The van der Waals surface area contributed by atoms with E-state index in [1.165, 1.54) is 0 Å². The molecule has 0 saturated heterocycles. The van der Waals surface area contributed by atoms with Crippen LogP contribution in [0.1, 0.15) is 31.1 Å². The van der Waals surface area contributed by atoms with Gasteiger partial charge in [-0.15, -0.1) is 0 Å². The van der Waals surface area contributed by atoms with E-state index in [4.69, 9.17) is 10.3 Å². The molecule has 0 spiro atoms. The Balaban J connectivity index is 2.50. The number of hydrogen-bond acceptors (Lipinski definition) is 5. The summed E-state index contributed by atoms with van der Waals surface area (Å²) in [6.45, 7) is 1.99. The highest BCUT2D eigenvalue weighted by Crippen LogP contribution is 2.13. The van der Waals surface area contributed by atoms with Crippen molar-refractivity contribution in [2.24, 2.45) is 5.73 Å². The van der Waals surface area contributed by atoms with Crippen molar-refractivity contribution in [3.63, 3.8) is 0 Å². The van der Waals surface area contributed by atoms with Crippen LogP contribution in [0.25, 0.3) is 0 Å². The van der Waals surface area contributed by atoms with Crippen LogP contribution in [0.4, 0.5) is 0 Å². The predicted octanol–water partition coefficient (Wildman–Crippen LogP) is 1.38. The Morgan fingerprint density at radius 2 is 2.38 bits per heavy atom. The van der Waals surface area contributed by atoms with Crippen LogP contribution in [0.2, 0.25) is 0 Å². The van der Waals surface area contributed by atoms with Gasteiger partial charge in [0.25, 0.3) is 0 Å². The number of rotatable bonds is 5. The molecule has 0 aliphatic rings. The van der Waals surface area contributed by atoms with Crippen molar-refractivity contribution in [3.05, 3.63) is 11.7 Å². The molecule has 1 atom stereocenters. The monoisotopic (exact) mass is 201 g/mol. The maximum Gasteiger partial charge on any atom is 0.243 e. The van der Waals surface area contributed by atoms with Crippen LogP contribution in [-0.4, -0.2) is 22.1 Å². The van der Waals surface area contributed by atoms with Crippen molar-refractivity contribution in [1.82, 2.24) is 10.1 Å². The molecule has 1 heterocycles. The largest absolute Gasteiger partial charge is 0.338 e. The Labute approximate surface area is 82.3 Å². The van der Waals surface area contributed by atoms with Crippen molar-refractivity contribution in [1.29, 1.82) is 0 Å². The predicted molar refractivity (Wildman–Crippen MR) is 53.6 cm³/mol. The standard InChI is InChI=1S/C8H15N3OS/c1-3-7-10-8(12-11-7)6(9)4-5-13-2/h6H,3-5,9H2,1-2H3/t6-/m0/s1. The summed E-state index contributed by atoms with van der Waals surface area (Å²) in [6, 6.07) is -0.111. The van der Waals surface area contributed by atoms with Crippen LogP contribution in [0, 0.1) is 0 Å². The van der Waals surface area contributed by atoms with E-state index >= 15 is 0 Å². The van der Waals surface area contributed by atoms with Crippen LogP contribution in [-0.2, 0) is 6.42 Å². The quantitative estimate of drug-likeness (QED) is 0.779. The van der Waals surface area contributed by atoms with Gasteiger partial charge in [0.1, 0.15) is 0 Å². The van der Waals surface area contributed by atoms with Gasteiger partial charge in [-0.1, -0.05) is 12.1 Å². The second kappa shape index (κ2) is 5.24. The van der Waals surface area contributed by atoms with Gasteiger partial charge in [-0.05, 0) is 18.4 Å². The summed E-state index contributed by atoms with van der Waals surface area (Å²) in [6.07, 6.45) is 3.73. The maximum atomic E-state index is 5.84. The second-order valence-electron chi connectivity index (χ2n) is 2.79. The smallest absolute Gasteiger partial charge is 0.243 e. The first kappa shape index (κ1) is 10.5. The van der Waals surface area contributed by atoms with Crippen LogP contribution < -0.4 is 5.73 Å². The lowest BCUT2D eigenvalue weighted by atomic mass is 10.2. The fraction of sp³-hybridized carbons (Fsp3) is 0.750. The van der Waals surface area contributed by atoms with E-state index in [2.05, 4.69) is 16.4 Å². The first-order valence-corrected chi connectivity index (χ1v) is 5.74. The number of nitrogens with zero attached hydrogens (tertiary/aromatic N) is 2. The van der Waals surface area contributed by atoms with E-state index in [9.17, 15) is 0 Å². The molecule has 1 aromatic rings. The third-order valence-electron chi connectivity index (χ3n) is 1.75. The molecule has 0 bridgehead atoms. The van der Waals surface area contributed by atoms with Crippen molar-refractivity contribution < 1.29 is 4.52 Å². The Kier molecular flexibility index (Phi) is 4.24. The fourth-order valence-electron chi connectivity index (χ4n) is 0.930. The van der Waals surface area contributed by atoms with Crippen LogP contribution in [0.15, 0.2) is 4.52 Å². The summed E-state index contributed by atoms with van der Waals surface area (Å²) in [5.41, 5.74) is 5.84. The van der Waals surface area contributed by atoms with Crippen molar-refractivity contribution in [2.45, 2.75) is 25.8 Å². The van der Waals surface area contributed by atoms with Crippen LogP contribution in [0.3, 0.4) is 0 Å². The minimum atomic E-state index is -0.111. The highest BCUT2D eigenvalue weighted by atomic mass is 32.2. The van der Waals surface area contributed by atoms with Gasteiger partial charge in [0, 0.05) is 6.42 Å². The van der Waals surface area contributed by atoms with Gasteiger partial charge < -0.3 is 10.3 Å². The van der Waals surface area contributed by atoms with E-state index in [1.54, 1.807) is 11.8 Å². The maximum absolute atomic E-state index is 5.84. The van der Waals surface area contributed by atoms with Gasteiger partial charge in [0.05, 0.1) is 6.04 Å². The molecule has 13 heavy (non-hydrogen) atoms. The topological polar surface area (TPSA) is 64.9 Å². The third kappa shape index (κ3) is 3.00. The van der Waals surface area contributed by atoms with Crippen molar-refractivity contribution >= 4 is 11.8 Å². The van der Waals surface area contributed by atoms with E-state index in [-0.39, 0.29) is 6.04 Å². The van der Waals surface area contributed by atoms with Gasteiger partial charge in [-0.25, -0.2) is 0 Å². The molecule has 1 rings (SSSR count). The lowest BCUT2D eigenvalue weighted by Crippen LogP contribution is -2.11. The zero-order valence-electron chi connectivity index (χ0n) is 7.99. The molecule has 2 N–H and O–H groups in total. The van der Waals surface area contributed by atoms with Gasteiger partial charge in [-0.3, -0.25) is 0 Å². The molecule has 0 radical (unpaired) electrons. The van der Waals surface area contributed by atoms with Crippen LogP contribution in [0.5, 0.6) is 0 Å². The molecule has 0 aromatic carbocycles. The average molecular weight is 201 g/mol. The molecule has 0 fully saturated rings. The molecule has 5 heteroatoms. The van der Waals surface area contributed by atoms with Gasteiger partial charge >= 0.3 is 0 Å². The third-order valence-corrected chi connectivity index (χ3v) is 2.39. The number of nitrogens with two attached hydrogens (primary N) is 1. The van der Waals surface area contributed by atoms with Crippen molar-refractivity contribution in [3.8, 4) is 0 Å². The summed E-state index contributed by atoms with van der Waals surface area (Å²) >= 11 is 1.77. The van der Waals surface area contributed by atoms with Gasteiger partial charge in [-0.2, -0.15) is 16.7 Å². The molecule has 0 amide bonds. The van der Waals surface area contributed by atoms with E-state index < -0.39 is 0 Å². The summed E-state index contributed by atoms with van der Waals surface area (Å²) in [5, 5.41) is 3.79. The zero-order chi connectivity index (χ0) is 9.68. The lowest BCUT2D eigenvalue weighted by molar-refractivity contribution is 0.349. The number of thioether (sulfide) groups is 1. The number of aromatic nitrogens is 2. The Morgan fingerprint density at radius 3 is 2.92 bits per heavy atom. The summed E-state index contributed by atoms with van der Waals surface area (Å²) in [5.74, 6) is 2.31. The summed E-state index contributed by atoms with van der Waals surface area (Å²) in [4.78, 5) is 4.17. The van der Waals surface area contributed by atoms with E-state index in [1.807, 2.05) is 6.92 Å². The molecule has 0 aliphatic carbocycles. The Morgan fingerprint density at radius 1 is 1.62 bits per heavy atom. The first-order valence-electron chi connectivity index (χ1n) is 4.35. The minimum absolute atomic E-state index is 0.111. The normalized spacial score (nSPS) is 13.2. The summed E-state index contributed by atoms with van der Waals surface area (Å²) in [7, 11) is 0. The highest BCUT2D eigenvalue weighted by Gasteiger charge is 2.13. The van der Waals surface area contributed by atoms with Crippen LogP contribution >= 0.6 is 11.8 Å². The molecular formula is C8H15N3OS. The van der Waals surface area contributed by atoms with E-state index in [0.717, 1.165) is 24.4 Å². The van der Waals surface area contributed by atoms with E-state index in [0.29, 0.717) is 5.89 Å². The zero-order valence-corrected chi connectivity index (χ0v) is 8.80. The number of aryl methyl sites for hydroxylation is 1. The lowest BCUT2D eigenvalue weighted by Gasteiger charge is -2.03. The van der Waals surface area contributed by atoms with Crippen molar-refractivity contribution in [2.75, 3.05) is 12.0 Å². The fourth-order valence-corrected chi connectivity index (χ4v) is 1.42. The molecule has 1 aromatic heterocycles. The van der Waals surface area contributed by atoms with Gasteiger partial charge in [0.15, 0.2) is 5.82 Å². The number of hydrogen-bond donors (Lipinski definition) is 1. The Bertz CT molecular complexity index is 251.